The molecule has 0 radical (unpaired) electrons. The number of anilines is 1. The standard InChI is InChI=1S/C23H18BrN3O4S/c24-21-13-17(6-11-22(21)31-15-16-4-2-1-3-5-16)12-18(14-25)23(28)27-19-7-9-20(10-8-19)32(26,29)30/h1-13H,15H2,(H,27,28)(H2,26,29,30)/b18-12+. The lowest BCUT2D eigenvalue weighted by molar-refractivity contribution is -0.112. The highest BCUT2D eigenvalue weighted by molar-refractivity contribution is 9.10. The van der Waals surface area contributed by atoms with Crippen LogP contribution >= 0.6 is 15.9 Å². The van der Waals surface area contributed by atoms with E-state index < -0.39 is 15.9 Å². The first-order valence-electron chi connectivity index (χ1n) is 9.28. The number of sulfonamides is 1. The maximum absolute atomic E-state index is 12.5. The number of primary sulfonamides is 1. The Bertz CT molecular complexity index is 1300. The second-order valence-electron chi connectivity index (χ2n) is 6.66. The largest absolute Gasteiger partial charge is 0.488 e. The number of carbonyl (C=O) groups excluding carboxylic acids is 1. The molecule has 3 aromatic carbocycles. The quantitative estimate of drug-likeness (QED) is 0.363. The third-order valence-corrected chi connectivity index (χ3v) is 5.86. The minimum Gasteiger partial charge on any atom is -0.488 e. The molecule has 3 aromatic rings. The van der Waals surface area contributed by atoms with Crippen LogP contribution in [0.4, 0.5) is 5.69 Å². The number of halogens is 1. The summed E-state index contributed by atoms with van der Waals surface area (Å²) in [6, 6.07) is 22.1. The molecule has 0 aromatic heterocycles. The maximum atomic E-state index is 12.5. The van der Waals surface area contributed by atoms with Gasteiger partial charge in [-0.25, -0.2) is 13.6 Å². The van der Waals surface area contributed by atoms with Gasteiger partial charge in [0, 0.05) is 5.69 Å². The average Bonchev–Trinajstić information content (AvgIpc) is 2.77. The topological polar surface area (TPSA) is 122 Å². The molecule has 162 valence electrons. The van der Waals surface area contributed by atoms with Gasteiger partial charge in [0.25, 0.3) is 5.91 Å². The maximum Gasteiger partial charge on any atom is 0.266 e. The minimum atomic E-state index is -3.83. The number of hydrogen-bond donors (Lipinski definition) is 2. The van der Waals surface area contributed by atoms with Gasteiger partial charge in [-0.3, -0.25) is 4.79 Å². The molecule has 3 N–H and O–H groups in total. The predicted molar refractivity (Wildman–Crippen MR) is 125 cm³/mol. The van der Waals surface area contributed by atoms with E-state index in [0.717, 1.165) is 5.56 Å². The molecule has 0 saturated heterocycles. The van der Waals surface area contributed by atoms with Crippen molar-refractivity contribution in [2.24, 2.45) is 5.14 Å². The molecule has 0 aliphatic rings. The van der Waals surface area contributed by atoms with Crippen molar-refractivity contribution in [3.05, 3.63) is 94.0 Å². The number of benzene rings is 3. The van der Waals surface area contributed by atoms with Gasteiger partial charge in [-0.2, -0.15) is 5.26 Å². The number of hydrogen-bond acceptors (Lipinski definition) is 5. The van der Waals surface area contributed by atoms with Gasteiger partial charge in [0.1, 0.15) is 24.0 Å². The van der Waals surface area contributed by atoms with Crippen LogP contribution in [0.25, 0.3) is 6.08 Å². The molecule has 0 aliphatic carbocycles. The van der Waals surface area contributed by atoms with Crippen LogP contribution in [0.1, 0.15) is 11.1 Å². The molecular weight excluding hydrogens is 494 g/mol. The van der Waals surface area contributed by atoms with Gasteiger partial charge in [-0.05, 0) is 69.5 Å². The smallest absolute Gasteiger partial charge is 0.266 e. The number of rotatable bonds is 7. The van der Waals surface area contributed by atoms with Gasteiger partial charge in [-0.1, -0.05) is 36.4 Å². The molecule has 0 bridgehead atoms. The molecule has 9 heteroatoms. The zero-order valence-corrected chi connectivity index (χ0v) is 19.1. The number of amides is 1. The normalized spacial score (nSPS) is 11.5. The highest BCUT2D eigenvalue weighted by atomic mass is 79.9. The van der Waals surface area contributed by atoms with Crippen LogP contribution in [0.2, 0.25) is 0 Å². The summed E-state index contributed by atoms with van der Waals surface area (Å²) in [6.07, 6.45) is 1.44. The zero-order chi connectivity index (χ0) is 23.1. The lowest BCUT2D eigenvalue weighted by Gasteiger charge is -2.09. The Kier molecular flexibility index (Phi) is 7.43. The Morgan fingerprint density at radius 2 is 1.78 bits per heavy atom. The summed E-state index contributed by atoms with van der Waals surface area (Å²) in [5.41, 5.74) is 1.86. The fourth-order valence-corrected chi connectivity index (χ4v) is 3.73. The molecule has 0 saturated carbocycles. The fourth-order valence-electron chi connectivity index (χ4n) is 2.70. The van der Waals surface area contributed by atoms with Crippen LogP contribution in [0.15, 0.2) is 87.7 Å². The Balaban J connectivity index is 1.70. The van der Waals surface area contributed by atoms with Crippen molar-refractivity contribution in [1.82, 2.24) is 0 Å². The van der Waals surface area contributed by atoms with Crippen LogP contribution in [-0.2, 0) is 21.4 Å². The van der Waals surface area contributed by atoms with E-state index in [9.17, 15) is 18.5 Å². The summed E-state index contributed by atoms with van der Waals surface area (Å²) in [5, 5.41) is 17.0. The summed E-state index contributed by atoms with van der Waals surface area (Å²) in [6.45, 7) is 0.407. The van der Waals surface area contributed by atoms with Gasteiger partial charge in [0.2, 0.25) is 10.0 Å². The summed E-state index contributed by atoms with van der Waals surface area (Å²) in [4.78, 5) is 12.4. The molecule has 0 fully saturated rings. The van der Waals surface area contributed by atoms with Crippen LogP contribution in [0, 0.1) is 11.3 Å². The first-order valence-corrected chi connectivity index (χ1v) is 11.6. The summed E-state index contributed by atoms with van der Waals surface area (Å²) in [7, 11) is -3.83. The van der Waals surface area contributed by atoms with E-state index in [1.807, 2.05) is 36.4 Å². The van der Waals surface area contributed by atoms with Gasteiger partial charge in [0.05, 0.1) is 9.37 Å². The lowest BCUT2D eigenvalue weighted by Crippen LogP contribution is -2.14. The van der Waals surface area contributed by atoms with E-state index >= 15 is 0 Å². The fraction of sp³-hybridized carbons (Fsp3) is 0.0435. The van der Waals surface area contributed by atoms with Crippen LogP contribution in [-0.4, -0.2) is 14.3 Å². The summed E-state index contributed by atoms with van der Waals surface area (Å²) < 4.78 is 29.1. The Labute approximate surface area is 194 Å². The van der Waals surface area contributed by atoms with Crippen LogP contribution < -0.4 is 15.2 Å². The molecule has 0 spiro atoms. The lowest BCUT2D eigenvalue weighted by atomic mass is 10.1. The van der Waals surface area contributed by atoms with Gasteiger partial charge in [0.15, 0.2) is 0 Å². The Morgan fingerprint density at radius 1 is 1.09 bits per heavy atom. The van der Waals surface area contributed by atoms with E-state index in [2.05, 4.69) is 21.2 Å². The number of carbonyl (C=O) groups is 1. The molecule has 0 unspecified atom stereocenters. The van der Waals surface area contributed by atoms with E-state index in [4.69, 9.17) is 9.88 Å². The summed E-state index contributed by atoms with van der Waals surface area (Å²) in [5.74, 6) is 0.000269. The Hall–Kier alpha value is -3.45. The molecule has 1 amide bonds. The number of nitriles is 1. The average molecular weight is 512 g/mol. The van der Waals surface area contributed by atoms with Crippen molar-refractivity contribution >= 4 is 43.6 Å². The molecule has 3 rings (SSSR count). The molecule has 0 aliphatic heterocycles. The van der Waals surface area contributed by atoms with Crippen molar-refractivity contribution in [2.45, 2.75) is 11.5 Å². The molecule has 0 atom stereocenters. The van der Waals surface area contributed by atoms with Gasteiger partial charge < -0.3 is 10.1 Å². The molecule has 32 heavy (non-hydrogen) atoms. The van der Waals surface area contributed by atoms with Gasteiger partial charge >= 0.3 is 0 Å². The monoisotopic (exact) mass is 511 g/mol. The number of nitrogens with two attached hydrogens (primary N) is 1. The van der Waals surface area contributed by atoms with Crippen LogP contribution in [0.5, 0.6) is 5.75 Å². The van der Waals surface area contributed by atoms with E-state index in [1.165, 1.54) is 30.3 Å². The highest BCUT2D eigenvalue weighted by Gasteiger charge is 2.12. The van der Waals surface area contributed by atoms with Crippen molar-refractivity contribution in [3.63, 3.8) is 0 Å². The summed E-state index contributed by atoms with van der Waals surface area (Å²) >= 11 is 3.45. The van der Waals surface area contributed by atoms with E-state index in [0.29, 0.717) is 28.1 Å². The minimum absolute atomic E-state index is 0.0778. The third kappa shape index (κ3) is 6.28. The van der Waals surface area contributed by atoms with Crippen molar-refractivity contribution < 1.29 is 17.9 Å². The predicted octanol–water partition coefficient (Wildman–Crippen LogP) is 4.22. The van der Waals surface area contributed by atoms with Crippen molar-refractivity contribution in [2.75, 3.05) is 5.32 Å². The van der Waals surface area contributed by atoms with E-state index in [1.54, 1.807) is 18.2 Å². The zero-order valence-electron chi connectivity index (χ0n) is 16.7. The number of nitrogens with one attached hydrogen (secondary N) is 1. The van der Waals surface area contributed by atoms with Crippen LogP contribution in [0.3, 0.4) is 0 Å². The molecule has 0 heterocycles. The molecular formula is C23H18BrN3O4S. The first-order chi connectivity index (χ1) is 15.3. The molecule has 7 nitrogen and oxygen atoms in total. The van der Waals surface area contributed by atoms with Crippen molar-refractivity contribution in [1.29, 1.82) is 5.26 Å². The second kappa shape index (κ2) is 10.2. The number of ether oxygens (including phenoxy) is 1. The first kappa shape index (κ1) is 23.2. The second-order valence-corrected chi connectivity index (χ2v) is 9.07. The van der Waals surface area contributed by atoms with Gasteiger partial charge in [-0.15, -0.1) is 0 Å². The SMILES string of the molecule is N#C/C(=C\c1ccc(OCc2ccccc2)c(Br)c1)C(=O)Nc1ccc(S(N)(=O)=O)cc1. The highest BCUT2D eigenvalue weighted by Crippen LogP contribution is 2.28. The Morgan fingerprint density at radius 3 is 2.38 bits per heavy atom. The van der Waals surface area contributed by atoms with E-state index in [-0.39, 0.29) is 10.5 Å². The number of nitrogens with zero attached hydrogens (tertiary/aromatic N) is 1. The van der Waals surface area contributed by atoms with Crippen molar-refractivity contribution in [3.8, 4) is 11.8 Å². The third-order valence-electron chi connectivity index (χ3n) is 4.31.